The SMILES string of the molecule is O=S(=O)(c1cn(Cc2ccccc2)nc1-c1ccccc1)N1CCC(Cc2ccccc2)CC1. The zero-order valence-electron chi connectivity index (χ0n) is 19.1. The minimum atomic E-state index is -3.66. The minimum Gasteiger partial charge on any atom is -0.266 e. The van der Waals surface area contributed by atoms with Gasteiger partial charge in [0.05, 0.1) is 6.54 Å². The molecule has 0 amide bonds. The molecule has 5 nitrogen and oxygen atoms in total. The van der Waals surface area contributed by atoms with Gasteiger partial charge in [-0.05, 0) is 36.3 Å². The molecular weight excluding hydrogens is 442 g/mol. The summed E-state index contributed by atoms with van der Waals surface area (Å²) in [5.74, 6) is 0.503. The van der Waals surface area contributed by atoms with Crippen LogP contribution in [0.5, 0.6) is 0 Å². The average molecular weight is 472 g/mol. The van der Waals surface area contributed by atoms with Gasteiger partial charge in [-0.15, -0.1) is 0 Å². The van der Waals surface area contributed by atoms with Gasteiger partial charge in [-0.3, -0.25) is 4.68 Å². The molecule has 0 atom stereocenters. The summed E-state index contributed by atoms with van der Waals surface area (Å²) in [6, 6.07) is 30.0. The van der Waals surface area contributed by atoms with Crippen LogP contribution in [0, 0.1) is 5.92 Å². The second-order valence-electron chi connectivity index (χ2n) is 8.93. The first-order valence-corrected chi connectivity index (χ1v) is 13.2. The lowest BCUT2D eigenvalue weighted by molar-refractivity contribution is 0.273. The fraction of sp³-hybridized carbons (Fsp3) is 0.250. The first-order valence-electron chi connectivity index (χ1n) is 11.8. The van der Waals surface area contributed by atoms with Crippen LogP contribution in [0.15, 0.2) is 102 Å². The van der Waals surface area contributed by atoms with Crippen molar-refractivity contribution in [3.63, 3.8) is 0 Å². The van der Waals surface area contributed by atoms with E-state index in [-0.39, 0.29) is 4.90 Å². The normalized spacial score (nSPS) is 15.4. The number of nitrogens with zero attached hydrogens (tertiary/aromatic N) is 3. The number of rotatable bonds is 7. The Balaban J connectivity index is 1.39. The lowest BCUT2D eigenvalue weighted by Crippen LogP contribution is -2.39. The highest BCUT2D eigenvalue weighted by molar-refractivity contribution is 7.89. The van der Waals surface area contributed by atoms with Crippen LogP contribution < -0.4 is 0 Å². The number of aromatic nitrogens is 2. The van der Waals surface area contributed by atoms with Gasteiger partial charge in [0.2, 0.25) is 10.0 Å². The third-order valence-electron chi connectivity index (χ3n) is 6.52. The molecule has 0 radical (unpaired) electrons. The van der Waals surface area contributed by atoms with E-state index in [1.807, 2.05) is 66.7 Å². The molecule has 6 heteroatoms. The maximum Gasteiger partial charge on any atom is 0.246 e. The molecule has 0 bridgehead atoms. The van der Waals surface area contributed by atoms with Crippen LogP contribution >= 0.6 is 0 Å². The van der Waals surface area contributed by atoms with Crippen LogP contribution in [0.4, 0.5) is 0 Å². The van der Waals surface area contributed by atoms with Crippen molar-refractivity contribution in [2.75, 3.05) is 13.1 Å². The van der Waals surface area contributed by atoms with Gasteiger partial charge in [0.25, 0.3) is 0 Å². The van der Waals surface area contributed by atoms with Crippen LogP contribution in [0.1, 0.15) is 24.0 Å². The van der Waals surface area contributed by atoms with E-state index >= 15 is 0 Å². The zero-order chi connectivity index (χ0) is 23.4. The lowest BCUT2D eigenvalue weighted by atomic mass is 9.91. The fourth-order valence-corrected chi connectivity index (χ4v) is 6.31. The van der Waals surface area contributed by atoms with E-state index in [0.717, 1.165) is 30.4 Å². The van der Waals surface area contributed by atoms with E-state index < -0.39 is 10.0 Å². The molecule has 1 fully saturated rings. The Labute approximate surface area is 201 Å². The van der Waals surface area contributed by atoms with E-state index in [0.29, 0.717) is 31.2 Å². The van der Waals surface area contributed by atoms with Crippen molar-refractivity contribution in [2.45, 2.75) is 30.7 Å². The third-order valence-corrected chi connectivity index (χ3v) is 8.42. The molecule has 2 heterocycles. The molecule has 5 rings (SSSR count). The topological polar surface area (TPSA) is 55.2 Å². The van der Waals surface area contributed by atoms with Crippen molar-refractivity contribution >= 4 is 10.0 Å². The molecule has 0 spiro atoms. The summed E-state index contributed by atoms with van der Waals surface area (Å²) in [7, 11) is -3.66. The highest BCUT2D eigenvalue weighted by Gasteiger charge is 2.33. The summed E-state index contributed by atoms with van der Waals surface area (Å²) in [6.45, 7) is 1.60. The van der Waals surface area contributed by atoms with Crippen molar-refractivity contribution in [2.24, 2.45) is 5.92 Å². The van der Waals surface area contributed by atoms with Gasteiger partial charge in [-0.25, -0.2) is 8.42 Å². The Hall–Kier alpha value is -3.22. The Morgan fingerprint density at radius 2 is 1.32 bits per heavy atom. The number of hydrogen-bond acceptors (Lipinski definition) is 3. The molecule has 0 saturated carbocycles. The molecule has 4 aromatic rings. The first kappa shape index (κ1) is 22.6. The van der Waals surface area contributed by atoms with Crippen molar-refractivity contribution in [3.8, 4) is 11.3 Å². The summed E-state index contributed by atoms with van der Waals surface area (Å²) < 4.78 is 31.0. The molecule has 0 N–H and O–H groups in total. The molecule has 0 unspecified atom stereocenters. The second-order valence-corrected chi connectivity index (χ2v) is 10.8. The predicted molar refractivity (Wildman–Crippen MR) is 135 cm³/mol. The molecule has 0 aliphatic carbocycles. The summed E-state index contributed by atoms with van der Waals surface area (Å²) >= 11 is 0. The number of piperidine rings is 1. The summed E-state index contributed by atoms with van der Waals surface area (Å²) in [5, 5.41) is 4.72. The van der Waals surface area contributed by atoms with Crippen molar-refractivity contribution in [3.05, 3.63) is 108 Å². The average Bonchev–Trinajstić information content (AvgIpc) is 3.31. The summed E-state index contributed by atoms with van der Waals surface area (Å²) in [4.78, 5) is 0.288. The molecular formula is C28H29N3O2S. The Bertz CT molecular complexity index is 1310. The Morgan fingerprint density at radius 3 is 1.94 bits per heavy atom. The van der Waals surface area contributed by atoms with E-state index in [2.05, 4.69) is 24.3 Å². The third kappa shape index (κ3) is 4.98. The molecule has 34 heavy (non-hydrogen) atoms. The van der Waals surface area contributed by atoms with Gasteiger partial charge in [0, 0.05) is 24.8 Å². The predicted octanol–water partition coefficient (Wildman–Crippen LogP) is 5.24. The maximum absolute atomic E-state index is 13.8. The van der Waals surface area contributed by atoms with Gasteiger partial charge < -0.3 is 0 Å². The van der Waals surface area contributed by atoms with E-state index in [9.17, 15) is 8.42 Å². The van der Waals surface area contributed by atoms with Gasteiger partial charge in [0.1, 0.15) is 10.6 Å². The number of hydrogen-bond donors (Lipinski definition) is 0. The Kier molecular flexibility index (Phi) is 6.61. The van der Waals surface area contributed by atoms with Crippen molar-refractivity contribution < 1.29 is 8.42 Å². The highest BCUT2D eigenvalue weighted by Crippen LogP contribution is 2.31. The van der Waals surface area contributed by atoms with E-state index in [4.69, 9.17) is 5.10 Å². The zero-order valence-corrected chi connectivity index (χ0v) is 19.9. The fourth-order valence-electron chi connectivity index (χ4n) is 4.68. The monoisotopic (exact) mass is 471 g/mol. The van der Waals surface area contributed by atoms with Crippen molar-refractivity contribution in [1.29, 1.82) is 0 Å². The maximum atomic E-state index is 13.8. The largest absolute Gasteiger partial charge is 0.266 e. The standard InChI is InChI=1S/C28H29N3O2S/c32-34(33,31-18-16-24(17-19-31)20-23-10-4-1-5-11-23)27-22-30(21-25-12-6-2-7-13-25)29-28(27)26-14-8-3-9-15-26/h1-15,22,24H,16-21H2. The molecule has 1 aromatic heterocycles. The van der Waals surface area contributed by atoms with E-state index in [1.54, 1.807) is 15.2 Å². The molecule has 1 aliphatic heterocycles. The van der Waals surface area contributed by atoms with Gasteiger partial charge in [-0.2, -0.15) is 9.40 Å². The number of sulfonamides is 1. The van der Waals surface area contributed by atoms with Gasteiger partial charge in [0.15, 0.2) is 0 Å². The van der Waals surface area contributed by atoms with Crippen LogP contribution in [-0.2, 0) is 23.0 Å². The van der Waals surface area contributed by atoms with Crippen LogP contribution in [0.3, 0.4) is 0 Å². The number of benzene rings is 3. The first-order chi connectivity index (χ1) is 16.6. The highest BCUT2D eigenvalue weighted by atomic mass is 32.2. The molecule has 1 aliphatic rings. The lowest BCUT2D eigenvalue weighted by Gasteiger charge is -2.31. The van der Waals surface area contributed by atoms with Crippen LogP contribution in [0.25, 0.3) is 11.3 Å². The summed E-state index contributed by atoms with van der Waals surface area (Å²) in [5.41, 5.74) is 3.72. The second kappa shape index (κ2) is 9.95. The smallest absolute Gasteiger partial charge is 0.246 e. The van der Waals surface area contributed by atoms with Crippen LogP contribution in [-0.4, -0.2) is 35.6 Å². The van der Waals surface area contributed by atoms with Gasteiger partial charge >= 0.3 is 0 Å². The minimum absolute atomic E-state index is 0.288. The summed E-state index contributed by atoms with van der Waals surface area (Å²) in [6.07, 6.45) is 4.43. The molecule has 174 valence electrons. The van der Waals surface area contributed by atoms with Crippen molar-refractivity contribution in [1.82, 2.24) is 14.1 Å². The van der Waals surface area contributed by atoms with Crippen LogP contribution in [0.2, 0.25) is 0 Å². The van der Waals surface area contributed by atoms with E-state index in [1.165, 1.54) is 5.56 Å². The quantitative estimate of drug-likeness (QED) is 0.370. The Morgan fingerprint density at radius 1 is 0.765 bits per heavy atom. The van der Waals surface area contributed by atoms with Gasteiger partial charge in [-0.1, -0.05) is 91.0 Å². The molecule has 3 aromatic carbocycles. The molecule has 1 saturated heterocycles.